The minimum Gasteiger partial charge on any atom is -0.484 e. The summed E-state index contributed by atoms with van der Waals surface area (Å²) in [4.78, 5) is 105. The third-order valence-electron chi connectivity index (χ3n) is 10.3. The molecular weight excluding hydrogens is 1120 g/mol. The van der Waals surface area contributed by atoms with Crippen LogP contribution in [-0.4, -0.2) is 140 Å². The van der Waals surface area contributed by atoms with Crippen LogP contribution in [0.1, 0.15) is 41.9 Å². The second kappa shape index (κ2) is 24.5. The Bertz CT molecular complexity index is 3100. The maximum absolute atomic E-state index is 14.1. The van der Waals surface area contributed by atoms with Gasteiger partial charge in [-0.25, -0.2) is 51.2 Å². The first-order valence-corrected chi connectivity index (χ1v) is 27.5. The van der Waals surface area contributed by atoms with E-state index < -0.39 is 131 Å². The number of phosphoric acid groups is 3. The normalized spacial score (nSPS) is 19.1. The van der Waals surface area contributed by atoms with Crippen molar-refractivity contribution in [1.82, 2.24) is 40.5 Å². The molecule has 37 heteroatoms. The zero-order chi connectivity index (χ0) is 55.2. The Morgan fingerprint density at radius 3 is 2.40 bits per heavy atom. The number of nitrogens with two attached hydrogens (primary N) is 1. The van der Waals surface area contributed by atoms with Gasteiger partial charge in [-0.1, -0.05) is 25.6 Å². The Balaban J connectivity index is 0.881. The highest BCUT2D eigenvalue weighted by Crippen LogP contribution is 2.61. The molecule has 2 aromatic carbocycles. The van der Waals surface area contributed by atoms with Crippen LogP contribution < -0.4 is 26.4 Å². The molecule has 3 amide bonds. The monoisotopic (exact) mass is 1160 g/mol. The van der Waals surface area contributed by atoms with Gasteiger partial charge in [0.25, 0.3) is 5.91 Å². The molecule has 75 heavy (non-hydrogen) atoms. The van der Waals surface area contributed by atoms with Crippen molar-refractivity contribution in [2.75, 3.05) is 44.4 Å². The fourth-order valence-electron chi connectivity index (χ4n) is 6.63. The van der Waals surface area contributed by atoms with E-state index in [9.17, 15) is 80.2 Å². The molecule has 0 bridgehead atoms. The highest BCUT2D eigenvalue weighted by atomic mass is 32.2. The lowest BCUT2D eigenvalue weighted by molar-refractivity contribution is -0.137. The predicted molar refractivity (Wildman–Crippen MR) is 250 cm³/mol. The average Bonchev–Trinajstić information content (AvgIpc) is 4.05. The van der Waals surface area contributed by atoms with E-state index in [1.165, 1.54) is 13.8 Å². The summed E-state index contributed by atoms with van der Waals surface area (Å²) in [5.41, 5.74) is 3.34. The largest absolute Gasteiger partial charge is 0.484 e. The predicted octanol–water partition coefficient (Wildman–Crippen LogP) is 1.84. The zero-order valence-electron chi connectivity index (χ0n) is 38.5. The van der Waals surface area contributed by atoms with Gasteiger partial charge in [0.2, 0.25) is 16.9 Å². The SMILES string of the molecule is CC(C)(COP(=O)(O)OP(=O)(O)OCC1OC(n2cnc3c(N)ncnc32)C(O)C1OP(=O)(O)O)C(O)C(=O)NCCC(=O)NCCSC(=O)COc1cc(F)ccc1C(=O)NCc1nc2c(F)c(F)cc(F)c2s1. The number of ether oxygens (including phenoxy) is 2. The molecule has 5 aromatic rings. The number of hydrogen-bond acceptors (Lipinski definition) is 22. The Kier molecular flexibility index (Phi) is 19.3. The lowest BCUT2D eigenvalue weighted by Gasteiger charge is -2.30. The van der Waals surface area contributed by atoms with Gasteiger partial charge in [0.1, 0.15) is 64.2 Å². The summed E-state index contributed by atoms with van der Waals surface area (Å²) in [6, 6.07) is 3.23. The van der Waals surface area contributed by atoms with E-state index in [2.05, 4.69) is 44.7 Å². The van der Waals surface area contributed by atoms with Gasteiger partial charge in [-0.3, -0.25) is 37.3 Å². The Labute approximate surface area is 427 Å². The average molecular weight is 1160 g/mol. The van der Waals surface area contributed by atoms with E-state index in [4.69, 9.17) is 24.3 Å². The number of imidazole rings is 1. The lowest BCUT2D eigenvalue weighted by Crippen LogP contribution is -2.46. The van der Waals surface area contributed by atoms with E-state index in [0.717, 1.165) is 35.4 Å². The summed E-state index contributed by atoms with van der Waals surface area (Å²) < 4.78 is 123. The molecular formula is C38H44F4N9O19P3S2. The fourth-order valence-corrected chi connectivity index (χ4v) is 10.9. The Hall–Kier alpha value is -5.12. The number of benzene rings is 2. The van der Waals surface area contributed by atoms with Gasteiger partial charge < -0.3 is 60.9 Å². The molecule has 11 N–H and O–H groups in total. The summed E-state index contributed by atoms with van der Waals surface area (Å²) in [5, 5.41) is 28.2. The van der Waals surface area contributed by atoms with Gasteiger partial charge in [-0.05, 0) is 12.1 Å². The van der Waals surface area contributed by atoms with Crippen LogP contribution in [0.3, 0.4) is 0 Å². The van der Waals surface area contributed by atoms with Crippen molar-refractivity contribution in [3.05, 3.63) is 70.8 Å². The first-order valence-electron chi connectivity index (χ1n) is 21.2. The molecule has 1 saturated heterocycles. The number of thioether (sulfide) groups is 1. The van der Waals surface area contributed by atoms with Crippen LogP contribution in [-0.2, 0) is 57.2 Å². The molecule has 0 aliphatic carbocycles. The smallest absolute Gasteiger partial charge is 0.481 e. The molecule has 7 unspecified atom stereocenters. The summed E-state index contributed by atoms with van der Waals surface area (Å²) in [7, 11) is -16.6. The van der Waals surface area contributed by atoms with Crippen LogP contribution in [0, 0.1) is 28.7 Å². The Morgan fingerprint density at radius 2 is 1.68 bits per heavy atom. The molecule has 28 nitrogen and oxygen atoms in total. The number of fused-ring (bicyclic) bond motifs is 2. The van der Waals surface area contributed by atoms with Crippen LogP contribution in [0.15, 0.2) is 36.9 Å². The van der Waals surface area contributed by atoms with Gasteiger partial charge in [0, 0.05) is 42.8 Å². The summed E-state index contributed by atoms with van der Waals surface area (Å²) in [6.07, 6.45) is -7.42. The number of amides is 3. The number of nitrogen functional groups attached to an aromatic ring is 1. The first-order chi connectivity index (χ1) is 35.0. The summed E-state index contributed by atoms with van der Waals surface area (Å²) in [5.74, 6) is -7.56. The van der Waals surface area contributed by atoms with Gasteiger partial charge in [-0.15, -0.1) is 11.3 Å². The van der Waals surface area contributed by atoms with Gasteiger partial charge in [-0.2, -0.15) is 4.31 Å². The molecule has 410 valence electrons. The molecule has 1 aliphatic heterocycles. The maximum atomic E-state index is 14.1. The number of rotatable bonds is 25. The van der Waals surface area contributed by atoms with Gasteiger partial charge >= 0.3 is 23.5 Å². The fraction of sp³-hybridized carbons (Fsp3) is 0.421. The van der Waals surface area contributed by atoms with Crippen LogP contribution in [0.2, 0.25) is 0 Å². The van der Waals surface area contributed by atoms with Crippen LogP contribution >= 0.6 is 46.6 Å². The van der Waals surface area contributed by atoms with Crippen molar-refractivity contribution in [3.8, 4) is 5.75 Å². The van der Waals surface area contributed by atoms with Crippen molar-refractivity contribution in [2.24, 2.45) is 5.41 Å². The quantitative estimate of drug-likeness (QED) is 0.0172. The number of halogens is 4. The number of hydrogen-bond donors (Lipinski definition) is 10. The molecule has 6 rings (SSSR count). The summed E-state index contributed by atoms with van der Waals surface area (Å²) >= 11 is 1.38. The van der Waals surface area contributed by atoms with Crippen LogP contribution in [0.25, 0.3) is 21.4 Å². The molecule has 1 aliphatic rings. The molecule has 3 aromatic heterocycles. The standard InChI is InChI=1S/C38H44F4N9O19P3S2/c1-38(2,14-67-73(63,64)70-72(61,62)66-12-22-30(69-71(58,59)60)29(54)37(68-22)51-16-49-28-33(43)47-15-48-34(28)51)32(55)36(57)45-6-5-23(52)44-7-8-74-25(53)13-65-21-9-17(39)3-4-18(21)35(56)46-11-24-50-27-26(42)19(40)10-20(41)31(27)75-24/h3-4,9-10,15-16,22,29-30,32,37,54-55H,5-8,11-14H2,1-2H3,(H,44,52)(H,45,57)(H,46,56)(H,61,62)(H,63,64)(H2,43,47,48)(H2,58,59,60). The number of nitrogens with zero attached hydrogens (tertiary/aromatic N) is 5. The minimum absolute atomic E-state index is 0.00187. The number of nitrogens with one attached hydrogen (secondary N) is 3. The molecule has 7 atom stereocenters. The van der Waals surface area contributed by atoms with Crippen LogP contribution in [0.5, 0.6) is 5.75 Å². The van der Waals surface area contributed by atoms with Crippen molar-refractivity contribution in [1.29, 1.82) is 0 Å². The second-order valence-electron chi connectivity index (χ2n) is 16.3. The van der Waals surface area contributed by atoms with E-state index in [1.54, 1.807) is 0 Å². The third-order valence-corrected chi connectivity index (χ3v) is 15.3. The number of aromatic nitrogens is 5. The van der Waals surface area contributed by atoms with E-state index in [1.807, 2.05) is 0 Å². The first kappa shape index (κ1) is 59.1. The summed E-state index contributed by atoms with van der Waals surface area (Å²) in [6.45, 7) is -1.17. The lowest BCUT2D eigenvalue weighted by atomic mass is 9.87. The number of phosphoric ester groups is 3. The minimum atomic E-state index is -5.65. The molecule has 1 fully saturated rings. The Morgan fingerprint density at radius 1 is 0.960 bits per heavy atom. The number of anilines is 1. The van der Waals surface area contributed by atoms with Gasteiger partial charge in [0.05, 0.1) is 36.3 Å². The number of thiazole rings is 1. The number of aliphatic hydroxyl groups is 2. The van der Waals surface area contributed by atoms with E-state index in [0.29, 0.717) is 29.2 Å². The topological polar surface area (TPSA) is 415 Å². The zero-order valence-corrected chi connectivity index (χ0v) is 42.8. The van der Waals surface area contributed by atoms with E-state index in [-0.39, 0.29) is 69.8 Å². The van der Waals surface area contributed by atoms with Gasteiger partial charge in [0.15, 0.2) is 35.9 Å². The molecule has 4 heterocycles. The molecule has 0 saturated carbocycles. The van der Waals surface area contributed by atoms with Crippen LogP contribution in [0.4, 0.5) is 23.4 Å². The molecule has 0 radical (unpaired) electrons. The second-order valence-corrected chi connectivity index (χ2v) is 22.8. The maximum Gasteiger partial charge on any atom is 0.481 e. The van der Waals surface area contributed by atoms with E-state index >= 15 is 0 Å². The molecule has 0 spiro atoms. The number of carbonyl (C=O) groups is 4. The highest BCUT2D eigenvalue weighted by molar-refractivity contribution is 8.13. The number of carbonyl (C=O) groups excluding carboxylic acids is 4. The van der Waals surface area contributed by atoms with Crippen molar-refractivity contribution in [3.63, 3.8) is 0 Å². The number of aliphatic hydroxyl groups excluding tert-OH is 2. The van der Waals surface area contributed by atoms with Crippen molar-refractivity contribution in [2.45, 2.75) is 57.5 Å². The highest BCUT2D eigenvalue weighted by Gasteiger charge is 2.50. The van der Waals surface area contributed by atoms with Crippen molar-refractivity contribution >= 4 is 96.6 Å². The van der Waals surface area contributed by atoms with Crippen molar-refractivity contribution < 1.29 is 108 Å². The third kappa shape index (κ3) is 15.7.